The van der Waals surface area contributed by atoms with E-state index >= 15 is 0 Å². The van der Waals surface area contributed by atoms with Crippen molar-refractivity contribution in [1.82, 2.24) is 0 Å². The molecule has 3 aliphatic heterocycles. The summed E-state index contributed by atoms with van der Waals surface area (Å²) in [5.74, 6) is 0.835. The summed E-state index contributed by atoms with van der Waals surface area (Å²) in [6.07, 6.45) is 8.83. The largest absolute Gasteiger partial charge is 0.465 e. The second-order valence-corrected chi connectivity index (χ2v) is 11.0. The number of hydrogen-bond donors (Lipinski definition) is 3. The highest BCUT2D eigenvalue weighted by atomic mass is 32.2. The Morgan fingerprint density at radius 2 is 2.00 bits per heavy atom. The number of allylic oxidation sites excluding steroid dienone is 4. The molecule has 3 heterocycles. The molecule has 1 aromatic rings. The minimum Gasteiger partial charge on any atom is -0.465 e. The quantitative estimate of drug-likeness (QED) is 0.513. The molecule has 3 N–H and O–H groups in total. The lowest BCUT2D eigenvalue weighted by molar-refractivity contribution is -0.0390. The predicted molar refractivity (Wildman–Crippen MR) is 138 cm³/mol. The smallest absolute Gasteiger partial charge is 0.199 e. The molecule has 0 saturated carbocycles. The Morgan fingerprint density at radius 3 is 2.66 bits per heavy atom. The number of hydrogen-bond acceptors (Lipinski definition) is 7. The van der Waals surface area contributed by atoms with E-state index in [0.29, 0.717) is 19.4 Å². The molecule has 5 atom stereocenters. The summed E-state index contributed by atoms with van der Waals surface area (Å²) in [4.78, 5) is -0.776. The third-order valence-corrected chi connectivity index (χ3v) is 8.59. The molecular weight excluding hydrogens is 464 g/mol. The maximum absolute atomic E-state index is 10.6. The fraction of sp³-hybridized carbons (Fsp3) is 0.571. The number of ether oxygens (including phenoxy) is 3. The first-order valence-electron chi connectivity index (χ1n) is 12.6. The monoisotopic (exact) mass is 502 g/mol. The molecular formula is C28H38O6S. The number of benzene rings is 1. The zero-order valence-corrected chi connectivity index (χ0v) is 21.5. The van der Waals surface area contributed by atoms with Crippen LogP contribution < -0.4 is 4.74 Å². The Hall–Kier alpha value is -1.61. The van der Waals surface area contributed by atoms with Crippen LogP contribution in [0, 0.1) is 0 Å². The van der Waals surface area contributed by atoms with Gasteiger partial charge in [-0.15, -0.1) is 11.8 Å². The third-order valence-electron chi connectivity index (χ3n) is 7.03. The Kier molecular flexibility index (Phi) is 9.13. The molecule has 1 spiro atoms. The summed E-state index contributed by atoms with van der Waals surface area (Å²) in [6, 6.07) is 8.22. The van der Waals surface area contributed by atoms with Crippen LogP contribution in [-0.2, 0) is 15.9 Å². The fourth-order valence-corrected chi connectivity index (χ4v) is 6.54. The molecule has 4 rings (SSSR count). The summed E-state index contributed by atoms with van der Waals surface area (Å²) >= 11 is 1.53. The number of aliphatic hydroxyl groups is 3. The van der Waals surface area contributed by atoms with Gasteiger partial charge in [0.05, 0.1) is 32.0 Å². The van der Waals surface area contributed by atoms with Gasteiger partial charge in [-0.05, 0) is 68.4 Å². The van der Waals surface area contributed by atoms with E-state index in [4.69, 9.17) is 14.2 Å². The normalized spacial score (nSPS) is 34.1. The Labute approximate surface area is 212 Å². The molecule has 0 aliphatic carbocycles. The van der Waals surface area contributed by atoms with Crippen molar-refractivity contribution in [3.63, 3.8) is 0 Å². The summed E-state index contributed by atoms with van der Waals surface area (Å²) < 4.78 is 17.7. The molecule has 3 fully saturated rings. The summed E-state index contributed by atoms with van der Waals surface area (Å²) in [5.41, 5.74) is 4.54. The highest BCUT2D eigenvalue weighted by molar-refractivity contribution is 8.01. The van der Waals surface area contributed by atoms with Crippen molar-refractivity contribution < 1.29 is 29.5 Å². The van der Waals surface area contributed by atoms with Gasteiger partial charge in [0.1, 0.15) is 10.7 Å². The average Bonchev–Trinajstić information content (AvgIpc) is 3.46. The van der Waals surface area contributed by atoms with E-state index in [2.05, 4.69) is 30.4 Å². The minimum atomic E-state index is -0.900. The minimum absolute atomic E-state index is 0.0684. The summed E-state index contributed by atoms with van der Waals surface area (Å²) in [7, 11) is 0. The molecule has 3 unspecified atom stereocenters. The lowest BCUT2D eigenvalue weighted by atomic mass is 9.92. The van der Waals surface area contributed by atoms with E-state index in [9.17, 15) is 15.3 Å². The van der Waals surface area contributed by atoms with Gasteiger partial charge in [0.2, 0.25) is 0 Å². The molecule has 6 nitrogen and oxygen atoms in total. The van der Waals surface area contributed by atoms with E-state index < -0.39 is 17.1 Å². The van der Waals surface area contributed by atoms with Crippen LogP contribution in [0.1, 0.15) is 51.5 Å². The second kappa shape index (κ2) is 12.1. The molecule has 192 valence electrons. The fourth-order valence-electron chi connectivity index (χ4n) is 4.92. The van der Waals surface area contributed by atoms with Gasteiger partial charge in [-0.25, -0.2) is 0 Å². The van der Waals surface area contributed by atoms with Gasteiger partial charge in [-0.2, -0.15) is 0 Å². The molecule has 35 heavy (non-hydrogen) atoms. The SMILES string of the molecule is C\C=C(/C=C1\C(=C/C)CO[C@@]12C[C@H](O)C(O)CC(CO)S2)CCc1ccc(OC2CCCO2)cc1. The highest BCUT2D eigenvalue weighted by Gasteiger charge is 2.49. The maximum Gasteiger partial charge on any atom is 0.199 e. The van der Waals surface area contributed by atoms with Crippen LogP contribution in [0.25, 0.3) is 0 Å². The number of aliphatic hydroxyl groups excluding tert-OH is 3. The van der Waals surface area contributed by atoms with E-state index in [1.165, 1.54) is 22.9 Å². The van der Waals surface area contributed by atoms with Crippen molar-refractivity contribution in [1.29, 1.82) is 0 Å². The van der Waals surface area contributed by atoms with Crippen molar-refractivity contribution in [2.75, 3.05) is 19.8 Å². The van der Waals surface area contributed by atoms with Gasteiger partial charge < -0.3 is 29.5 Å². The molecule has 1 aromatic carbocycles. The van der Waals surface area contributed by atoms with Gasteiger partial charge in [-0.1, -0.05) is 35.9 Å². The summed E-state index contributed by atoms with van der Waals surface area (Å²) in [5, 5.41) is 30.7. The van der Waals surface area contributed by atoms with Crippen molar-refractivity contribution in [2.45, 2.75) is 81.1 Å². The molecule has 3 saturated heterocycles. The van der Waals surface area contributed by atoms with Crippen molar-refractivity contribution >= 4 is 11.8 Å². The lowest BCUT2D eigenvalue weighted by Gasteiger charge is -2.31. The molecule has 7 heteroatoms. The first-order valence-corrected chi connectivity index (χ1v) is 13.5. The van der Waals surface area contributed by atoms with Crippen LogP contribution in [0.3, 0.4) is 0 Å². The van der Waals surface area contributed by atoms with Crippen LogP contribution >= 0.6 is 11.8 Å². The first-order chi connectivity index (χ1) is 17.0. The predicted octanol–water partition coefficient (Wildman–Crippen LogP) is 4.29. The molecule has 3 aliphatic rings. The van der Waals surface area contributed by atoms with Gasteiger partial charge in [-0.3, -0.25) is 0 Å². The van der Waals surface area contributed by atoms with E-state index in [1.807, 2.05) is 26.0 Å². The van der Waals surface area contributed by atoms with Crippen molar-refractivity contribution in [3.8, 4) is 5.75 Å². The molecule has 0 radical (unpaired) electrons. The van der Waals surface area contributed by atoms with Gasteiger partial charge in [0, 0.05) is 18.1 Å². The van der Waals surface area contributed by atoms with E-state index in [0.717, 1.165) is 49.2 Å². The van der Waals surface area contributed by atoms with Gasteiger partial charge >= 0.3 is 0 Å². The van der Waals surface area contributed by atoms with Crippen LogP contribution in [-0.4, -0.2) is 63.8 Å². The topological polar surface area (TPSA) is 88.4 Å². The highest BCUT2D eigenvalue weighted by Crippen LogP contribution is 2.51. The first kappa shape index (κ1) is 26.5. The Morgan fingerprint density at radius 1 is 1.20 bits per heavy atom. The van der Waals surface area contributed by atoms with Gasteiger partial charge in [0.15, 0.2) is 6.29 Å². The average molecular weight is 503 g/mol. The number of rotatable bonds is 7. The van der Waals surface area contributed by atoms with Crippen molar-refractivity contribution in [3.05, 3.63) is 64.8 Å². The lowest BCUT2D eigenvalue weighted by Crippen LogP contribution is -2.34. The number of thioether (sulfide) groups is 1. The van der Waals surface area contributed by atoms with Gasteiger partial charge in [0.25, 0.3) is 0 Å². The zero-order valence-electron chi connectivity index (χ0n) is 20.7. The molecule has 0 bridgehead atoms. The second-order valence-electron chi connectivity index (χ2n) is 9.48. The maximum atomic E-state index is 10.6. The van der Waals surface area contributed by atoms with Crippen LogP contribution in [0.5, 0.6) is 5.75 Å². The van der Waals surface area contributed by atoms with Crippen molar-refractivity contribution in [2.24, 2.45) is 0 Å². The standard InChI is InChI=1S/C28H38O6S/c1-3-19(7-8-20-9-11-22(12-10-20)34-27-6-5-13-32-27)14-24-21(4-2)18-33-28(24)16-26(31)25(30)15-23(17-29)35-28/h3-4,9-12,14,23,25-27,29-31H,5-8,13,15-18H2,1-2H3/b19-3-,21-4-,24-14+/t23?,25?,26-,27?,28+/m0/s1. The molecule has 0 amide bonds. The van der Waals surface area contributed by atoms with Crippen LogP contribution in [0.2, 0.25) is 0 Å². The Balaban J connectivity index is 1.48. The van der Waals surface area contributed by atoms with E-state index in [-0.39, 0.29) is 18.1 Å². The zero-order chi connectivity index (χ0) is 24.8. The summed E-state index contributed by atoms with van der Waals surface area (Å²) in [6.45, 7) is 5.19. The number of aryl methyl sites for hydroxylation is 1. The Bertz CT molecular complexity index is 933. The van der Waals surface area contributed by atoms with Crippen LogP contribution in [0.15, 0.2) is 59.2 Å². The van der Waals surface area contributed by atoms with Crippen LogP contribution in [0.4, 0.5) is 0 Å². The van der Waals surface area contributed by atoms with E-state index in [1.54, 1.807) is 0 Å². The third kappa shape index (κ3) is 6.40. The molecule has 0 aromatic heterocycles.